The fourth-order valence-corrected chi connectivity index (χ4v) is 0.973. The summed E-state index contributed by atoms with van der Waals surface area (Å²) < 4.78 is 5.25. The monoisotopic (exact) mass is 216 g/mol. The van der Waals surface area contributed by atoms with E-state index in [1.807, 2.05) is 34.6 Å². The lowest BCUT2D eigenvalue weighted by atomic mass is 10.1. The van der Waals surface area contributed by atoms with Crippen molar-refractivity contribution in [3.63, 3.8) is 0 Å². The van der Waals surface area contributed by atoms with Gasteiger partial charge >= 0.3 is 0 Å². The van der Waals surface area contributed by atoms with Gasteiger partial charge in [0.05, 0.1) is 11.6 Å². The van der Waals surface area contributed by atoms with E-state index >= 15 is 0 Å². The Bertz CT molecular complexity index is 203. The van der Waals surface area contributed by atoms with Crippen LogP contribution in [0.4, 0.5) is 0 Å². The first-order valence-corrected chi connectivity index (χ1v) is 5.37. The van der Waals surface area contributed by atoms with Crippen molar-refractivity contribution in [2.24, 2.45) is 0 Å². The van der Waals surface area contributed by atoms with Gasteiger partial charge in [-0.2, -0.15) is 0 Å². The predicted octanol–water partition coefficient (Wildman–Crippen LogP) is 0.914. The molecule has 0 aromatic carbocycles. The molecule has 4 heteroatoms. The molecule has 4 nitrogen and oxygen atoms in total. The zero-order valence-electron chi connectivity index (χ0n) is 10.7. The van der Waals surface area contributed by atoms with Gasteiger partial charge in [-0.1, -0.05) is 0 Å². The molecule has 0 radical (unpaired) electrons. The largest absolute Gasteiger partial charge is 0.377 e. The van der Waals surface area contributed by atoms with E-state index in [0.29, 0.717) is 6.54 Å². The van der Waals surface area contributed by atoms with Crippen LogP contribution in [0.15, 0.2) is 0 Å². The summed E-state index contributed by atoms with van der Waals surface area (Å²) in [7, 11) is 1.67. The highest BCUT2D eigenvalue weighted by Gasteiger charge is 2.20. The predicted molar refractivity (Wildman–Crippen MR) is 61.8 cm³/mol. The quantitative estimate of drug-likeness (QED) is 0.694. The third-order valence-electron chi connectivity index (χ3n) is 2.21. The Morgan fingerprint density at radius 3 is 2.27 bits per heavy atom. The van der Waals surface area contributed by atoms with E-state index < -0.39 is 0 Å². The number of amides is 1. The van der Waals surface area contributed by atoms with Crippen LogP contribution in [0.3, 0.4) is 0 Å². The van der Waals surface area contributed by atoms with Crippen LogP contribution in [0.25, 0.3) is 0 Å². The number of rotatable bonds is 6. The fourth-order valence-electron chi connectivity index (χ4n) is 0.973. The van der Waals surface area contributed by atoms with Crippen molar-refractivity contribution < 1.29 is 9.53 Å². The Morgan fingerprint density at radius 2 is 1.87 bits per heavy atom. The van der Waals surface area contributed by atoms with Gasteiger partial charge in [-0.25, -0.2) is 0 Å². The molecule has 1 amide bonds. The highest BCUT2D eigenvalue weighted by atomic mass is 16.5. The summed E-state index contributed by atoms with van der Waals surface area (Å²) in [6.07, 6.45) is 0. The summed E-state index contributed by atoms with van der Waals surface area (Å²) in [5.74, 6) is 0.0249. The van der Waals surface area contributed by atoms with Gasteiger partial charge < -0.3 is 15.4 Å². The van der Waals surface area contributed by atoms with Gasteiger partial charge in [0.15, 0.2) is 0 Å². The maximum atomic E-state index is 11.5. The molecule has 0 rings (SSSR count). The SMILES string of the molecule is COC(C)(C)CNC(C)C(=O)NC(C)C. The van der Waals surface area contributed by atoms with E-state index in [4.69, 9.17) is 4.74 Å². The second-order valence-corrected chi connectivity index (χ2v) is 4.73. The van der Waals surface area contributed by atoms with Gasteiger partial charge in [-0.3, -0.25) is 4.79 Å². The fraction of sp³-hybridized carbons (Fsp3) is 0.909. The average molecular weight is 216 g/mol. The molecule has 0 aliphatic heterocycles. The molecule has 0 saturated heterocycles. The van der Waals surface area contributed by atoms with Crippen molar-refractivity contribution in [2.75, 3.05) is 13.7 Å². The van der Waals surface area contributed by atoms with E-state index in [-0.39, 0.29) is 23.6 Å². The van der Waals surface area contributed by atoms with Gasteiger partial charge in [0, 0.05) is 19.7 Å². The second-order valence-electron chi connectivity index (χ2n) is 4.73. The maximum absolute atomic E-state index is 11.5. The zero-order chi connectivity index (χ0) is 12.1. The van der Waals surface area contributed by atoms with Crippen LogP contribution < -0.4 is 10.6 Å². The van der Waals surface area contributed by atoms with Crippen LogP contribution >= 0.6 is 0 Å². The Hall–Kier alpha value is -0.610. The Labute approximate surface area is 92.8 Å². The molecular weight excluding hydrogens is 192 g/mol. The zero-order valence-corrected chi connectivity index (χ0v) is 10.7. The molecular formula is C11H24N2O2. The molecule has 15 heavy (non-hydrogen) atoms. The van der Waals surface area contributed by atoms with Crippen LogP contribution in [0.5, 0.6) is 0 Å². The van der Waals surface area contributed by atoms with Crippen molar-refractivity contribution in [3.8, 4) is 0 Å². The third-order valence-corrected chi connectivity index (χ3v) is 2.21. The Balaban J connectivity index is 3.93. The lowest BCUT2D eigenvalue weighted by Crippen LogP contribution is -2.49. The molecule has 0 fully saturated rings. The summed E-state index contributed by atoms with van der Waals surface area (Å²) in [4.78, 5) is 11.5. The molecule has 1 unspecified atom stereocenters. The molecule has 0 heterocycles. The van der Waals surface area contributed by atoms with Crippen molar-refractivity contribution in [3.05, 3.63) is 0 Å². The lowest BCUT2D eigenvalue weighted by Gasteiger charge is -2.25. The van der Waals surface area contributed by atoms with Crippen molar-refractivity contribution >= 4 is 5.91 Å². The number of methoxy groups -OCH3 is 1. The molecule has 0 aliphatic rings. The van der Waals surface area contributed by atoms with Crippen LogP contribution in [0, 0.1) is 0 Å². The van der Waals surface area contributed by atoms with E-state index in [0.717, 1.165) is 0 Å². The summed E-state index contributed by atoms with van der Waals surface area (Å²) in [5.41, 5.74) is -0.244. The normalized spacial score (nSPS) is 14.1. The van der Waals surface area contributed by atoms with Crippen LogP contribution in [-0.4, -0.2) is 37.2 Å². The molecule has 0 bridgehead atoms. The third kappa shape index (κ3) is 6.47. The van der Waals surface area contributed by atoms with Crippen LogP contribution in [-0.2, 0) is 9.53 Å². The average Bonchev–Trinajstić information content (AvgIpc) is 2.13. The Kier molecular flexibility index (Phi) is 5.83. The number of hydrogen-bond donors (Lipinski definition) is 2. The molecule has 0 saturated carbocycles. The first kappa shape index (κ1) is 14.4. The number of nitrogens with one attached hydrogen (secondary N) is 2. The van der Waals surface area contributed by atoms with Gasteiger partial charge in [0.2, 0.25) is 5.91 Å². The topological polar surface area (TPSA) is 50.4 Å². The van der Waals surface area contributed by atoms with Crippen molar-refractivity contribution in [1.29, 1.82) is 0 Å². The highest BCUT2D eigenvalue weighted by Crippen LogP contribution is 2.05. The number of carbonyl (C=O) groups excluding carboxylic acids is 1. The van der Waals surface area contributed by atoms with E-state index in [2.05, 4.69) is 10.6 Å². The summed E-state index contributed by atoms with van der Waals surface area (Å²) >= 11 is 0. The van der Waals surface area contributed by atoms with Crippen LogP contribution in [0.1, 0.15) is 34.6 Å². The minimum absolute atomic E-state index is 0.0249. The maximum Gasteiger partial charge on any atom is 0.237 e. The molecule has 0 aromatic heterocycles. The minimum atomic E-state index is -0.244. The minimum Gasteiger partial charge on any atom is -0.377 e. The summed E-state index contributed by atoms with van der Waals surface area (Å²) in [6.45, 7) is 10.4. The van der Waals surface area contributed by atoms with E-state index in [9.17, 15) is 4.79 Å². The van der Waals surface area contributed by atoms with Gasteiger partial charge in [-0.05, 0) is 34.6 Å². The Morgan fingerprint density at radius 1 is 1.33 bits per heavy atom. The number of hydrogen-bond acceptors (Lipinski definition) is 3. The van der Waals surface area contributed by atoms with Gasteiger partial charge in [-0.15, -0.1) is 0 Å². The first-order chi connectivity index (χ1) is 6.78. The molecule has 90 valence electrons. The molecule has 0 spiro atoms. The standard InChI is InChI=1S/C11H24N2O2/c1-8(2)13-10(14)9(3)12-7-11(4,5)15-6/h8-9,12H,7H2,1-6H3,(H,13,14). The lowest BCUT2D eigenvalue weighted by molar-refractivity contribution is -0.123. The number of ether oxygens (including phenoxy) is 1. The molecule has 1 atom stereocenters. The smallest absolute Gasteiger partial charge is 0.237 e. The second kappa shape index (κ2) is 6.08. The summed E-state index contributed by atoms with van der Waals surface area (Å²) in [5, 5.41) is 6.00. The molecule has 0 aliphatic carbocycles. The van der Waals surface area contributed by atoms with Crippen molar-refractivity contribution in [2.45, 2.75) is 52.3 Å². The van der Waals surface area contributed by atoms with E-state index in [1.165, 1.54) is 0 Å². The summed E-state index contributed by atoms with van der Waals surface area (Å²) in [6, 6.07) is -0.0148. The van der Waals surface area contributed by atoms with Gasteiger partial charge in [0.25, 0.3) is 0 Å². The van der Waals surface area contributed by atoms with Crippen LogP contribution in [0.2, 0.25) is 0 Å². The first-order valence-electron chi connectivity index (χ1n) is 5.37. The molecule has 0 aromatic rings. The molecule has 2 N–H and O–H groups in total. The van der Waals surface area contributed by atoms with E-state index in [1.54, 1.807) is 7.11 Å². The van der Waals surface area contributed by atoms with Crippen molar-refractivity contribution in [1.82, 2.24) is 10.6 Å². The highest BCUT2D eigenvalue weighted by molar-refractivity contribution is 5.81. The number of carbonyl (C=O) groups is 1. The van der Waals surface area contributed by atoms with Gasteiger partial charge in [0.1, 0.15) is 0 Å².